The van der Waals surface area contributed by atoms with E-state index in [0.29, 0.717) is 23.3 Å². The van der Waals surface area contributed by atoms with Crippen LogP contribution in [0.1, 0.15) is 10.4 Å². The van der Waals surface area contributed by atoms with Crippen molar-refractivity contribution in [2.24, 2.45) is 5.73 Å². The number of hydrogen-bond acceptors (Lipinski definition) is 4. The lowest BCUT2D eigenvalue weighted by molar-refractivity contribution is -0.120. The third kappa shape index (κ3) is 4.44. The van der Waals surface area contributed by atoms with Crippen molar-refractivity contribution in [2.45, 2.75) is 0 Å². The van der Waals surface area contributed by atoms with Crippen molar-refractivity contribution in [2.75, 3.05) is 25.1 Å². The number of aromatic carboxylic acids is 1. The van der Waals surface area contributed by atoms with Gasteiger partial charge in [0.2, 0.25) is 5.91 Å². The molecule has 0 aliphatic heterocycles. The number of nitrogens with two attached hydrogens (primary N) is 1. The van der Waals surface area contributed by atoms with Gasteiger partial charge in [-0.3, -0.25) is 4.79 Å². The van der Waals surface area contributed by atoms with Gasteiger partial charge in [-0.2, -0.15) is 0 Å². The average molecular weight is 317 g/mol. The Morgan fingerprint density at radius 1 is 1.44 bits per heavy atom. The van der Waals surface area contributed by atoms with Gasteiger partial charge < -0.3 is 20.9 Å². The van der Waals surface area contributed by atoms with Crippen LogP contribution < -0.4 is 11.1 Å². The third-order valence-corrected chi connectivity index (χ3v) is 2.67. The fraction of sp³-hybridized carbons (Fsp3) is 0.273. The number of nitrogens with one attached hydrogen (secondary N) is 1. The van der Waals surface area contributed by atoms with Crippen LogP contribution in [0.2, 0.25) is 0 Å². The van der Waals surface area contributed by atoms with Gasteiger partial charge in [0.1, 0.15) is 6.61 Å². The normalized spacial score (nSPS) is 10.1. The number of carbonyl (C=O) groups excluding carboxylic acids is 1. The minimum absolute atomic E-state index is 0.0939. The Bertz CT molecular complexity index is 451. The molecule has 0 aliphatic rings. The second-order valence-electron chi connectivity index (χ2n) is 3.39. The maximum atomic E-state index is 11.5. The average Bonchev–Trinajstić information content (AvgIpc) is 2.32. The molecule has 0 aliphatic carbocycles. The minimum atomic E-state index is -1.06. The van der Waals surface area contributed by atoms with E-state index < -0.39 is 5.97 Å². The molecule has 0 atom stereocenters. The number of carbonyl (C=O) groups is 2. The quantitative estimate of drug-likeness (QED) is 0.681. The minimum Gasteiger partial charge on any atom is -0.478 e. The van der Waals surface area contributed by atoms with Gasteiger partial charge in [0, 0.05) is 11.0 Å². The van der Waals surface area contributed by atoms with E-state index in [-0.39, 0.29) is 18.1 Å². The standard InChI is InChI=1S/C11H13BrN2O4/c12-8-2-1-7(11(16)17)5-9(8)14-10(15)6-18-4-3-13/h1-2,5H,3-4,6,13H2,(H,14,15)(H,16,17). The summed E-state index contributed by atoms with van der Waals surface area (Å²) in [5.74, 6) is -1.43. The van der Waals surface area contributed by atoms with Gasteiger partial charge in [-0.1, -0.05) is 0 Å². The van der Waals surface area contributed by atoms with Crippen molar-refractivity contribution in [3.8, 4) is 0 Å². The molecule has 1 rings (SSSR count). The largest absolute Gasteiger partial charge is 0.478 e. The molecule has 1 aromatic carbocycles. The van der Waals surface area contributed by atoms with Gasteiger partial charge in [0.15, 0.2) is 0 Å². The van der Waals surface area contributed by atoms with Crippen LogP contribution in [0.4, 0.5) is 5.69 Å². The molecule has 98 valence electrons. The van der Waals surface area contributed by atoms with Crippen molar-refractivity contribution in [1.82, 2.24) is 0 Å². The smallest absolute Gasteiger partial charge is 0.335 e. The molecular weight excluding hydrogens is 304 g/mol. The molecule has 0 spiro atoms. The number of rotatable bonds is 6. The van der Waals surface area contributed by atoms with Crippen molar-refractivity contribution in [3.63, 3.8) is 0 Å². The van der Waals surface area contributed by atoms with Gasteiger partial charge in [-0.25, -0.2) is 4.79 Å². The molecule has 1 aromatic rings. The molecule has 0 radical (unpaired) electrons. The second-order valence-corrected chi connectivity index (χ2v) is 4.24. The number of carboxylic acid groups (broad SMARTS) is 1. The molecule has 0 heterocycles. The van der Waals surface area contributed by atoms with Crippen molar-refractivity contribution in [3.05, 3.63) is 28.2 Å². The van der Waals surface area contributed by atoms with Crippen LogP contribution in [0.5, 0.6) is 0 Å². The third-order valence-electron chi connectivity index (χ3n) is 1.98. The Kier molecular flexibility index (Phi) is 5.76. The summed E-state index contributed by atoms with van der Waals surface area (Å²) in [6, 6.07) is 4.36. The lowest BCUT2D eigenvalue weighted by atomic mass is 10.2. The zero-order chi connectivity index (χ0) is 13.5. The molecule has 0 fully saturated rings. The molecule has 0 unspecified atom stereocenters. The summed E-state index contributed by atoms with van der Waals surface area (Å²) < 4.78 is 5.56. The Labute approximate surface area is 112 Å². The van der Waals surface area contributed by atoms with Crippen LogP contribution in [0.25, 0.3) is 0 Å². The van der Waals surface area contributed by atoms with E-state index in [9.17, 15) is 9.59 Å². The Morgan fingerprint density at radius 3 is 2.78 bits per heavy atom. The fourth-order valence-corrected chi connectivity index (χ4v) is 1.53. The van der Waals surface area contributed by atoms with E-state index in [1.807, 2.05) is 0 Å². The summed E-state index contributed by atoms with van der Waals surface area (Å²) >= 11 is 3.22. The number of benzene rings is 1. The van der Waals surface area contributed by atoms with Gasteiger partial charge >= 0.3 is 5.97 Å². The van der Waals surface area contributed by atoms with E-state index >= 15 is 0 Å². The summed E-state index contributed by atoms with van der Waals surface area (Å²) in [5.41, 5.74) is 5.69. The molecule has 1 amide bonds. The monoisotopic (exact) mass is 316 g/mol. The first-order chi connectivity index (χ1) is 8.54. The Hall–Kier alpha value is -1.44. The van der Waals surface area contributed by atoms with E-state index in [1.54, 1.807) is 6.07 Å². The summed E-state index contributed by atoms with van der Waals surface area (Å²) in [7, 11) is 0. The number of halogens is 1. The predicted octanol–water partition coefficient (Wildman–Crippen LogP) is 1.06. The highest BCUT2D eigenvalue weighted by atomic mass is 79.9. The second kappa shape index (κ2) is 7.10. The molecule has 4 N–H and O–H groups in total. The lowest BCUT2D eigenvalue weighted by Crippen LogP contribution is -2.21. The molecule has 0 aromatic heterocycles. The van der Waals surface area contributed by atoms with Crippen LogP contribution >= 0.6 is 15.9 Å². The van der Waals surface area contributed by atoms with Crippen molar-refractivity contribution >= 4 is 33.5 Å². The highest BCUT2D eigenvalue weighted by molar-refractivity contribution is 9.10. The van der Waals surface area contributed by atoms with Gasteiger partial charge in [0.05, 0.1) is 17.9 Å². The number of carboxylic acids is 1. The molecule has 6 nitrogen and oxygen atoms in total. The summed E-state index contributed by atoms with van der Waals surface area (Å²) in [6.45, 7) is 0.510. The Morgan fingerprint density at radius 2 is 2.17 bits per heavy atom. The molecule has 0 saturated heterocycles. The van der Waals surface area contributed by atoms with E-state index in [4.69, 9.17) is 15.6 Å². The topological polar surface area (TPSA) is 102 Å². The molecule has 0 saturated carbocycles. The molecular formula is C11H13BrN2O4. The zero-order valence-corrected chi connectivity index (χ0v) is 11.1. The maximum absolute atomic E-state index is 11.5. The van der Waals surface area contributed by atoms with Crippen molar-refractivity contribution < 1.29 is 19.4 Å². The van der Waals surface area contributed by atoms with Crippen LogP contribution in [0.3, 0.4) is 0 Å². The first-order valence-electron chi connectivity index (χ1n) is 5.15. The fourth-order valence-electron chi connectivity index (χ4n) is 1.19. The van der Waals surface area contributed by atoms with E-state index in [2.05, 4.69) is 21.2 Å². The van der Waals surface area contributed by atoms with Gasteiger partial charge in [-0.05, 0) is 34.1 Å². The summed E-state index contributed by atoms with van der Waals surface area (Å²) in [4.78, 5) is 22.3. The van der Waals surface area contributed by atoms with E-state index in [1.165, 1.54) is 12.1 Å². The van der Waals surface area contributed by atoms with Gasteiger partial charge in [0.25, 0.3) is 0 Å². The lowest BCUT2D eigenvalue weighted by Gasteiger charge is -2.08. The van der Waals surface area contributed by atoms with Crippen molar-refractivity contribution in [1.29, 1.82) is 0 Å². The van der Waals surface area contributed by atoms with E-state index in [0.717, 1.165) is 0 Å². The SMILES string of the molecule is NCCOCC(=O)Nc1cc(C(=O)O)ccc1Br. The Balaban J connectivity index is 2.68. The van der Waals surface area contributed by atoms with Crippen LogP contribution in [-0.4, -0.2) is 36.7 Å². The first-order valence-corrected chi connectivity index (χ1v) is 5.94. The summed E-state index contributed by atoms with van der Waals surface area (Å²) in [5, 5.41) is 11.4. The van der Waals surface area contributed by atoms with Crippen LogP contribution in [-0.2, 0) is 9.53 Å². The molecule has 7 heteroatoms. The number of ether oxygens (including phenoxy) is 1. The highest BCUT2D eigenvalue weighted by Crippen LogP contribution is 2.23. The number of anilines is 1. The summed E-state index contributed by atoms with van der Waals surface area (Å²) in [6.07, 6.45) is 0. The highest BCUT2D eigenvalue weighted by Gasteiger charge is 2.09. The maximum Gasteiger partial charge on any atom is 0.335 e. The van der Waals surface area contributed by atoms with Crippen LogP contribution in [0, 0.1) is 0 Å². The number of hydrogen-bond donors (Lipinski definition) is 3. The number of amides is 1. The van der Waals surface area contributed by atoms with Gasteiger partial charge in [-0.15, -0.1) is 0 Å². The predicted molar refractivity (Wildman–Crippen MR) is 69.6 cm³/mol. The molecule has 18 heavy (non-hydrogen) atoms. The zero-order valence-electron chi connectivity index (χ0n) is 9.48. The first kappa shape index (κ1) is 14.6. The van der Waals surface area contributed by atoms with Crippen LogP contribution in [0.15, 0.2) is 22.7 Å². The molecule has 0 bridgehead atoms.